The zero-order valence-electron chi connectivity index (χ0n) is 46.4. The van der Waals surface area contributed by atoms with Crippen molar-refractivity contribution in [1.82, 2.24) is 48.9 Å². The number of pyridine rings is 4. The van der Waals surface area contributed by atoms with Gasteiger partial charge in [-0.15, -0.1) is 10.2 Å². The van der Waals surface area contributed by atoms with Crippen LogP contribution in [0.2, 0.25) is 5.15 Å². The van der Waals surface area contributed by atoms with E-state index in [1.54, 1.807) is 65.6 Å². The number of amides is 2. The van der Waals surface area contributed by atoms with Crippen molar-refractivity contribution in [3.05, 3.63) is 101 Å². The number of piperidine rings is 2. The predicted octanol–water partition coefficient (Wildman–Crippen LogP) is 9.16. The molecule has 6 aromatic rings. The highest BCUT2D eigenvalue weighted by atomic mass is 35.5. The van der Waals surface area contributed by atoms with Crippen LogP contribution in [-0.2, 0) is 20.0 Å². The van der Waals surface area contributed by atoms with E-state index in [2.05, 4.69) is 102 Å². The van der Waals surface area contributed by atoms with Gasteiger partial charge in [0.2, 0.25) is 11.8 Å². The van der Waals surface area contributed by atoms with Gasteiger partial charge in [-0.1, -0.05) is 72.2 Å². The Morgan fingerprint density at radius 2 is 1.06 bits per heavy atom. The zero-order chi connectivity index (χ0) is 56.9. The zero-order valence-corrected chi connectivity index (χ0v) is 48.8. The highest BCUT2D eigenvalue weighted by Gasteiger charge is 2.40. The maximum Gasteiger partial charge on any atom is 0.281 e. The van der Waals surface area contributed by atoms with Crippen LogP contribution < -0.4 is 33.6 Å². The van der Waals surface area contributed by atoms with Gasteiger partial charge in [0.1, 0.15) is 22.6 Å². The molecule has 0 aliphatic carbocycles. The molecule has 9 rings (SSSR count). The third-order valence-corrected chi connectivity index (χ3v) is 16.0. The van der Waals surface area contributed by atoms with Crippen LogP contribution in [0.25, 0.3) is 11.6 Å². The van der Waals surface area contributed by atoms with Crippen LogP contribution >= 0.6 is 11.6 Å². The first-order valence-corrected chi connectivity index (χ1v) is 30.0. The first-order valence-electron chi connectivity index (χ1n) is 26.6. The van der Waals surface area contributed by atoms with E-state index < -0.39 is 31.9 Å². The summed E-state index contributed by atoms with van der Waals surface area (Å²) in [4.78, 5) is 50.4. The normalized spacial score (nSPS) is 16.9. The second-order valence-electron chi connectivity index (χ2n) is 23.3. The number of carbonyl (C=O) groups excluding carboxylic acids is 2. The molecule has 1 atom stereocenters. The van der Waals surface area contributed by atoms with Crippen molar-refractivity contribution in [3.8, 4) is 23.4 Å². The number of anilines is 3. The summed E-state index contributed by atoms with van der Waals surface area (Å²) in [5, 5.41) is 8.25. The molecule has 3 aliphatic heterocycles. The first kappa shape index (κ1) is 58.3. The summed E-state index contributed by atoms with van der Waals surface area (Å²) in [6.45, 7) is 23.7. The molecule has 0 bridgehead atoms. The van der Waals surface area contributed by atoms with Gasteiger partial charge in [-0.2, -0.15) is 16.8 Å². The third kappa shape index (κ3) is 15.1. The van der Waals surface area contributed by atoms with E-state index in [-0.39, 0.29) is 45.6 Å². The molecule has 0 saturated carbocycles. The van der Waals surface area contributed by atoms with Gasteiger partial charge >= 0.3 is 0 Å². The van der Waals surface area contributed by atoms with Gasteiger partial charge in [-0.25, -0.2) is 38.7 Å². The summed E-state index contributed by atoms with van der Waals surface area (Å²) in [6, 6.07) is 19.2. The fourth-order valence-corrected chi connectivity index (χ4v) is 11.5. The molecule has 2 amide bonds. The van der Waals surface area contributed by atoms with Crippen molar-refractivity contribution < 1.29 is 38.8 Å². The maximum absolute atomic E-state index is 13.7. The van der Waals surface area contributed by atoms with Crippen LogP contribution in [0.5, 0.6) is 11.8 Å². The lowest BCUT2D eigenvalue weighted by Crippen LogP contribution is -2.41. The number of aromatic nitrogens is 8. The standard InChI is InChI=1S/C31H43N7O4S.C24H29ClN6O4S.2H2/c1-22-19-31(5,6)37(20-22)28-23(13-14-25(33-28)38-18-15-26(34-38)42-21-30(2,3)4)29(39)35-43(40,41)27-12-10-11-24(32-27)36-16-8-7-9-17-36;1-24(2,3)16-35-20-12-15-31(28-20)19-11-10-17(22(25)27-19)23(32)29-36(33,34)21-9-7-8-18(26-21)30-13-5-4-6-14-30;;/h10-15,18,22H,7-9,16-17,19-21H2,1-6H3,(H,35,39);7-12,15H,4-6,13-14,16H2,1-3H3,(H,29,32);2*1H/t22-;;;/m0.../s1. The summed E-state index contributed by atoms with van der Waals surface area (Å²) < 4.78 is 71.5. The van der Waals surface area contributed by atoms with Crippen molar-refractivity contribution in [2.75, 3.05) is 60.6 Å². The Hall–Kier alpha value is -6.85. The molecule has 79 heavy (non-hydrogen) atoms. The summed E-state index contributed by atoms with van der Waals surface area (Å²) in [5.74, 6) is 2.01. The second-order valence-corrected chi connectivity index (χ2v) is 26.9. The summed E-state index contributed by atoms with van der Waals surface area (Å²) >= 11 is 6.24. The van der Waals surface area contributed by atoms with E-state index in [4.69, 9.17) is 26.1 Å². The molecular formula is C55H76ClN13O8S2. The van der Waals surface area contributed by atoms with Crippen LogP contribution in [0.15, 0.2) is 95.2 Å². The van der Waals surface area contributed by atoms with Gasteiger partial charge in [0, 0.05) is 65.6 Å². The molecule has 3 aliphatic rings. The minimum Gasteiger partial charge on any atom is -0.476 e. The number of nitrogens with zero attached hydrogens (tertiary/aromatic N) is 11. The SMILES string of the molecule is CC(C)(C)COc1ccn(-c2ccc(C(=O)NS(=O)(=O)c3cccc(N4CCCCC4)n3)c(Cl)n2)n1.C[C@@H]1CN(c2nc(-n3ccc(OCC(C)(C)C)n3)ccc2C(=O)NS(=O)(=O)c2cccc(N3CCCCC3)n2)C(C)(C)C1.[HH].[HH]. The summed E-state index contributed by atoms with van der Waals surface area (Å²) in [7, 11) is -8.46. The minimum atomic E-state index is -4.24. The largest absolute Gasteiger partial charge is 0.476 e. The molecule has 9 heterocycles. The highest BCUT2D eigenvalue weighted by Crippen LogP contribution is 2.38. The van der Waals surface area contributed by atoms with Crippen LogP contribution in [-0.4, -0.2) is 120 Å². The minimum absolute atomic E-state index is 0. The number of rotatable bonds is 15. The highest BCUT2D eigenvalue weighted by molar-refractivity contribution is 7.90. The molecule has 0 aromatic carbocycles. The van der Waals surface area contributed by atoms with Crippen LogP contribution in [0, 0.1) is 16.7 Å². The quantitative estimate of drug-likeness (QED) is 0.0911. The number of nitrogens with one attached hydrogen (secondary N) is 2. The number of hydrogen-bond donors (Lipinski definition) is 2. The number of ether oxygens (including phenoxy) is 2. The molecule has 3 fully saturated rings. The topological polar surface area (TPSA) is 242 Å². The Bertz CT molecular complexity index is 3380. The third-order valence-electron chi connectivity index (χ3n) is 13.2. The molecule has 3 saturated heterocycles. The first-order chi connectivity index (χ1) is 37.2. The van der Waals surface area contributed by atoms with E-state index in [1.165, 1.54) is 28.9 Å². The van der Waals surface area contributed by atoms with E-state index in [0.29, 0.717) is 66.5 Å². The van der Waals surface area contributed by atoms with Gasteiger partial charge < -0.3 is 24.2 Å². The van der Waals surface area contributed by atoms with Gasteiger partial charge in [0.25, 0.3) is 31.9 Å². The molecule has 0 radical (unpaired) electrons. The Balaban J connectivity index is 0.000000258. The Kier molecular flexibility index (Phi) is 17.6. The van der Waals surface area contributed by atoms with Crippen LogP contribution in [0.3, 0.4) is 0 Å². The fraction of sp³-hybridized carbons (Fsp3) is 0.491. The molecule has 6 aromatic heterocycles. The number of halogens is 1. The smallest absolute Gasteiger partial charge is 0.281 e. The average molecular weight is 1150 g/mol. The number of sulfonamides is 2. The maximum atomic E-state index is 13.7. The second kappa shape index (κ2) is 23.9. The van der Waals surface area contributed by atoms with Crippen molar-refractivity contribution in [2.24, 2.45) is 16.7 Å². The van der Waals surface area contributed by atoms with Crippen LogP contribution in [0.4, 0.5) is 17.5 Å². The van der Waals surface area contributed by atoms with Gasteiger partial charge in [-0.3, -0.25) is 9.59 Å². The van der Waals surface area contributed by atoms with E-state index in [9.17, 15) is 26.4 Å². The molecule has 21 nitrogen and oxygen atoms in total. The molecule has 2 N–H and O–H groups in total. The average Bonchev–Trinajstić information content (AvgIpc) is 4.33. The van der Waals surface area contributed by atoms with Crippen molar-refractivity contribution in [2.45, 2.75) is 123 Å². The van der Waals surface area contributed by atoms with Crippen molar-refractivity contribution >= 4 is 60.9 Å². The molecule has 24 heteroatoms. The van der Waals surface area contributed by atoms with E-state index in [1.807, 2.05) is 9.62 Å². The van der Waals surface area contributed by atoms with Crippen molar-refractivity contribution in [1.29, 1.82) is 0 Å². The number of carbonyl (C=O) groups is 2. The van der Waals surface area contributed by atoms with Gasteiger partial charge in [-0.05, 0) is 124 Å². The van der Waals surface area contributed by atoms with E-state index >= 15 is 0 Å². The van der Waals surface area contributed by atoms with Gasteiger partial charge in [0.15, 0.2) is 21.7 Å². The Morgan fingerprint density at radius 3 is 1.49 bits per heavy atom. The lowest BCUT2D eigenvalue weighted by Gasteiger charge is -2.34. The van der Waals surface area contributed by atoms with E-state index in [0.717, 1.165) is 71.1 Å². The predicted molar refractivity (Wildman–Crippen MR) is 307 cm³/mol. The Morgan fingerprint density at radius 1 is 0.620 bits per heavy atom. The molecule has 0 unspecified atom stereocenters. The fourth-order valence-electron chi connectivity index (χ4n) is 9.40. The summed E-state index contributed by atoms with van der Waals surface area (Å²) in [5.41, 5.74) is -0.266. The lowest BCUT2D eigenvalue weighted by molar-refractivity contribution is 0.0972. The molecule has 0 spiro atoms. The molecular weight excluding hydrogens is 1070 g/mol. The molecule has 428 valence electrons. The van der Waals surface area contributed by atoms with Crippen LogP contribution in [0.1, 0.15) is 131 Å². The van der Waals surface area contributed by atoms with Gasteiger partial charge in [0.05, 0.1) is 24.3 Å². The van der Waals surface area contributed by atoms with Crippen molar-refractivity contribution in [3.63, 3.8) is 0 Å². The lowest BCUT2D eigenvalue weighted by atomic mass is 9.97. The summed E-state index contributed by atoms with van der Waals surface area (Å²) in [6.07, 6.45) is 10.7. The number of hydrogen-bond acceptors (Lipinski definition) is 17. The Labute approximate surface area is 471 Å². The monoisotopic (exact) mass is 1150 g/mol.